The first-order valence-electron chi connectivity index (χ1n) is 13.9. The Labute approximate surface area is 232 Å². The van der Waals surface area contributed by atoms with Gasteiger partial charge in [-0.1, -0.05) is 45.0 Å². The van der Waals surface area contributed by atoms with Gasteiger partial charge in [-0.25, -0.2) is 9.78 Å². The number of hydrogen-bond acceptors (Lipinski definition) is 6. The number of methoxy groups -OCH3 is 1. The lowest BCUT2D eigenvalue weighted by molar-refractivity contribution is -0.143. The van der Waals surface area contributed by atoms with Gasteiger partial charge in [-0.3, -0.25) is 4.79 Å². The summed E-state index contributed by atoms with van der Waals surface area (Å²) in [5.41, 5.74) is 2.02. The molecule has 0 radical (unpaired) electrons. The number of H-pyrrole nitrogens is 1. The number of imidazole rings is 1. The Kier molecular flexibility index (Phi) is 8.19. The summed E-state index contributed by atoms with van der Waals surface area (Å²) in [4.78, 5) is 36.0. The maximum Gasteiger partial charge on any atom is 0.494 e. The third-order valence-corrected chi connectivity index (χ3v) is 8.62. The largest absolute Gasteiger partial charge is 0.494 e. The second kappa shape index (κ2) is 11.0. The molecule has 3 heterocycles. The number of nitrogens with zero attached hydrogens (tertiary/aromatic N) is 2. The van der Waals surface area contributed by atoms with Crippen molar-refractivity contribution in [2.75, 3.05) is 7.11 Å². The Bertz CT molecular complexity index is 1160. The third-order valence-electron chi connectivity index (χ3n) is 8.62. The van der Waals surface area contributed by atoms with Crippen LogP contribution in [0.25, 0.3) is 11.3 Å². The fraction of sp³-hybridized carbons (Fsp3) is 0.621. The molecule has 9 nitrogen and oxygen atoms in total. The summed E-state index contributed by atoms with van der Waals surface area (Å²) < 4.78 is 17.2. The van der Waals surface area contributed by atoms with Crippen LogP contribution in [-0.2, 0) is 18.8 Å². The molecule has 2 saturated heterocycles. The van der Waals surface area contributed by atoms with Gasteiger partial charge in [0.05, 0.1) is 36.2 Å². The molecule has 39 heavy (non-hydrogen) atoms. The van der Waals surface area contributed by atoms with Crippen LogP contribution in [0.3, 0.4) is 0 Å². The molecule has 0 saturated carbocycles. The molecule has 4 rings (SSSR count). The monoisotopic (exact) mass is 538 g/mol. The summed E-state index contributed by atoms with van der Waals surface area (Å²) in [5.74, 6) is 0.717. The third kappa shape index (κ3) is 5.73. The lowest BCUT2D eigenvalue weighted by Gasteiger charge is -2.45. The number of hydrogen-bond donors (Lipinski definition) is 2. The van der Waals surface area contributed by atoms with Gasteiger partial charge in [0.15, 0.2) is 0 Å². The van der Waals surface area contributed by atoms with E-state index in [1.807, 2.05) is 76.9 Å². The number of benzene rings is 1. The molecule has 3 unspecified atom stereocenters. The Morgan fingerprint density at radius 3 is 2.28 bits per heavy atom. The highest BCUT2D eigenvalue weighted by molar-refractivity contribution is 6.62. The van der Waals surface area contributed by atoms with Crippen LogP contribution in [0.5, 0.6) is 0 Å². The average Bonchev–Trinajstić information content (AvgIpc) is 3.44. The number of carbonyl (C=O) groups is 2. The molecule has 1 aromatic heterocycles. The number of aromatic amines is 1. The van der Waals surface area contributed by atoms with Gasteiger partial charge in [0.25, 0.3) is 0 Å². The smallest absolute Gasteiger partial charge is 0.453 e. The molecule has 2 aliphatic heterocycles. The van der Waals surface area contributed by atoms with Gasteiger partial charge in [0.2, 0.25) is 5.91 Å². The van der Waals surface area contributed by atoms with Crippen LogP contribution >= 0.6 is 0 Å². The number of nitrogens with one attached hydrogen (secondary N) is 2. The van der Waals surface area contributed by atoms with Crippen molar-refractivity contribution in [2.24, 2.45) is 11.8 Å². The SMILES string of the molecule is COC(=O)N[C@H](C(=O)N1C(C)CCC(C)C1c1ncc(-c2ccc(B3OC(C)(C)C(C)(C)O3)cc2)[nH]1)C(C)C. The molecule has 2 N–H and O–H groups in total. The van der Waals surface area contributed by atoms with E-state index in [9.17, 15) is 9.59 Å². The highest BCUT2D eigenvalue weighted by Crippen LogP contribution is 2.39. The lowest BCUT2D eigenvalue weighted by Crippen LogP contribution is -2.56. The summed E-state index contributed by atoms with van der Waals surface area (Å²) in [5, 5.41) is 2.74. The van der Waals surface area contributed by atoms with E-state index in [2.05, 4.69) is 24.1 Å². The molecule has 0 bridgehead atoms. The number of amides is 2. The summed E-state index contributed by atoms with van der Waals surface area (Å²) in [7, 11) is 0.885. The minimum absolute atomic E-state index is 0.00661. The van der Waals surface area contributed by atoms with Crippen molar-refractivity contribution < 1.29 is 23.6 Å². The van der Waals surface area contributed by atoms with Crippen LogP contribution in [-0.4, -0.2) is 64.4 Å². The Hall–Kier alpha value is -2.85. The van der Waals surface area contributed by atoms with Crippen molar-refractivity contribution in [1.29, 1.82) is 0 Å². The molecule has 4 atom stereocenters. The molecule has 10 heteroatoms. The highest BCUT2D eigenvalue weighted by Gasteiger charge is 2.51. The van der Waals surface area contributed by atoms with Gasteiger partial charge in [-0.05, 0) is 70.3 Å². The van der Waals surface area contributed by atoms with Crippen molar-refractivity contribution in [1.82, 2.24) is 20.2 Å². The predicted molar refractivity (Wildman–Crippen MR) is 151 cm³/mol. The molecular formula is C29H43BN4O5. The molecule has 2 fully saturated rings. The zero-order valence-electron chi connectivity index (χ0n) is 24.7. The summed E-state index contributed by atoms with van der Waals surface area (Å²) in [6.45, 7) is 16.2. The number of rotatable bonds is 6. The second-order valence-corrected chi connectivity index (χ2v) is 12.3. The average molecular weight is 538 g/mol. The van der Waals surface area contributed by atoms with Crippen molar-refractivity contribution in [3.8, 4) is 11.3 Å². The number of likely N-dealkylation sites (tertiary alicyclic amines) is 1. The lowest BCUT2D eigenvalue weighted by atomic mass is 9.79. The normalized spacial score (nSPS) is 25.0. The topological polar surface area (TPSA) is 106 Å². The highest BCUT2D eigenvalue weighted by atomic mass is 16.7. The zero-order valence-corrected chi connectivity index (χ0v) is 24.7. The number of carbonyl (C=O) groups excluding carboxylic acids is 2. The minimum Gasteiger partial charge on any atom is -0.453 e. The summed E-state index contributed by atoms with van der Waals surface area (Å²) in [6.07, 6.45) is 3.08. The van der Waals surface area contributed by atoms with E-state index in [1.165, 1.54) is 7.11 Å². The van der Waals surface area contributed by atoms with Crippen LogP contribution in [0.15, 0.2) is 30.5 Å². The number of ether oxygens (including phenoxy) is 1. The van der Waals surface area contributed by atoms with Gasteiger partial charge < -0.3 is 29.2 Å². The van der Waals surface area contributed by atoms with E-state index in [4.69, 9.17) is 19.0 Å². The quantitative estimate of drug-likeness (QED) is 0.527. The first-order valence-corrected chi connectivity index (χ1v) is 13.9. The molecule has 1 aromatic carbocycles. The van der Waals surface area contributed by atoms with Gasteiger partial charge in [0.1, 0.15) is 11.9 Å². The van der Waals surface area contributed by atoms with Crippen molar-refractivity contribution in [2.45, 2.75) is 97.6 Å². The van der Waals surface area contributed by atoms with Gasteiger partial charge in [-0.2, -0.15) is 0 Å². The minimum atomic E-state index is -0.690. The van der Waals surface area contributed by atoms with Gasteiger partial charge in [0, 0.05) is 6.04 Å². The molecule has 0 aliphatic carbocycles. The first kappa shape index (κ1) is 29.1. The van der Waals surface area contributed by atoms with Crippen molar-refractivity contribution in [3.05, 3.63) is 36.3 Å². The molecule has 212 valence electrons. The number of alkyl carbamates (subject to hydrolysis) is 1. The molecule has 2 aromatic rings. The molecule has 0 spiro atoms. The summed E-state index contributed by atoms with van der Waals surface area (Å²) >= 11 is 0. The van der Waals surface area contributed by atoms with Crippen LogP contribution in [0, 0.1) is 11.8 Å². The predicted octanol–water partition coefficient (Wildman–Crippen LogP) is 4.44. The zero-order chi connectivity index (χ0) is 28.7. The maximum absolute atomic E-state index is 13.9. The van der Waals surface area contributed by atoms with Crippen LogP contribution < -0.4 is 10.8 Å². The second-order valence-electron chi connectivity index (χ2n) is 12.3. The first-order chi connectivity index (χ1) is 18.3. The number of aromatic nitrogens is 2. The van der Waals surface area contributed by atoms with E-state index < -0.39 is 30.5 Å². The van der Waals surface area contributed by atoms with E-state index in [0.717, 1.165) is 35.4 Å². The molecular weight excluding hydrogens is 495 g/mol. The van der Waals surface area contributed by atoms with Gasteiger partial charge >= 0.3 is 13.2 Å². The standard InChI is InChI=1S/C29H43BN4O5/c1-17(2)23(33-27(36)37-9)26(35)34-19(4)11-10-18(3)24(34)25-31-16-22(32-25)20-12-14-21(15-13-20)30-38-28(5,6)29(7,8)39-30/h12-19,23-24H,10-11H2,1-9H3,(H,31,32)(H,33,36)/t18?,19?,23-,24?/m0/s1. The van der Waals surface area contributed by atoms with E-state index in [0.29, 0.717) is 0 Å². The Morgan fingerprint density at radius 2 is 1.72 bits per heavy atom. The summed E-state index contributed by atoms with van der Waals surface area (Å²) in [6, 6.07) is 7.18. The molecule has 2 amide bonds. The van der Waals surface area contributed by atoms with Crippen molar-refractivity contribution >= 4 is 24.6 Å². The molecule has 2 aliphatic rings. The van der Waals surface area contributed by atoms with Crippen LogP contribution in [0.1, 0.15) is 80.1 Å². The van der Waals surface area contributed by atoms with E-state index >= 15 is 0 Å². The fourth-order valence-corrected chi connectivity index (χ4v) is 5.40. The number of piperidine rings is 1. The van der Waals surface area contributed by atoms with Crippen LogP contribution in [0.2, 0.25) is 0 Å². The Balaban J connectivity index is 1.57. The van der Waals surface area contributed by atoms with Crippen molar-refractivity contribution in [3.63, 3.8) is 0 Å². The maximum atomic E-state index is 13.9. The Morgan fingerprint density at radius 1 is 1.10 bits per heavy atom. The van der Waals surface area contributed by atoms with E-state index in [1.54, 1.807) is 0 Å². The fourth-order valence-electron chi connectivity index (χ4n) is 5.40. The van der Waals surface area contributed by atoms with Gasteiger partial charge in [-0.15, -0.1) is 0 Å². The van der Waals surface area contributed by atoms with E-state index in [-0.39, 0.29) is 29.8 Å². The van der Waals surface area contributed by atoms with Crippen LogP contribution in [0.4, 0.5) is 4.79 Å².